The van der Waals surface area contributed by atoms with Gasteiger partial charge in [-0.25, -0.2) is 9.78 Å². The number of rotatable bonds is 6. The van der Waals surface area contributed by atoms with Gasteiger partial charge in [-0.3, -0.25) is 10.1 Å². The van der Waals surface area contributed by atoms with Crippen molar-refractivity contribution in [3.63, 3.8) is 0 Å². The highest BCUT2D eigenvalue weighted by Gasteiger charge is 2.28. The molecule has 0 bridgehead atoms. The summed E-state index contributed by atoms with van der Waals surface area (Å²) in [7, 11) is 1.27. The molecule has 0 saturated heterocycles. The molecule has 0 atom stereocenters. The average molecular weight is 366 g/mol. The largest absolute Gasteiger partial charge is 0.465 e. The molecule has 3 aromatic rings. The lowest BCUT2D eigenvalue weighted by atomic mass is 10.1. The summed E-state index contributed by atoms with van der Waals surface area (Å²) in [5, 5.41) is 14.4. The molecule has 2 aromatic carbocycles. The first-order valence-electron chi connectivity index (χ1n) is 8.65. The summed E-state index contributed by atoms with van der Waals surface area (Å²) < 4.78 is 6.89. The molecule has 4 rings (SSSR count). The summed E-state index contributed by atoms with van der Waals surface area (Å²) >= 11 is 0. The number of aromatic nitrogens is 2. The fraction of sp³-hybridized carbons (Fsp3) is 0.263. The molecule has 0 radical (unpaired) electrons. The van der Waals surface area contributed by atoms with Crippen LogP contribution in [0, 0.1) is 10.1 Å². The van der Waals surface area contributed by atoms with Crippen molar-refractivity contribution in [2.75, 3.05) is 12.4 Å². The number of ether oxygens (including phenoxy) is 1. The number of carbonyl (C=O) groups is 1. The minimum Gasteiger partial charge on any atom is -0.465 e. The number of esters is 1. The number of para-hydroxylation sites is 2. The predicted octanol–water partition coefficient (Wildman–Crippen LogP) is 3.68. The van der Waals surface area contributed by atoms with Crippen molar-refractivity contribution in [2.24, 2.45) is 0 Å². The summed E-state index contributed by atoms with van der Waals surface area (Å²) in [4.78, 5) is 27.3. The number of hydrogen-bond donors (Lipinski definition) is 1. The van der Waals surface area contributed by atoms with E-state index in [9.17, 15) is 14.9 Å². The van der Waals surface area contributed by atoms with Gasteiger partial charge in [0.1, 0.15) is 11.5 Å². The fourth-order valence-corrected chi connectivity index (χ4v) is 3.22. The zero-order chi connectivity index (χ0) is 19.0. The van der Waals surface area contributed by atoms with Crippen molar-refractivity contribution in [3.8, 4) is 0 Å². The van der Waals surface area contributed by atoms with E-state index in [1.54, 1.807) is 0 Å². The topological polar surface area (TPSA) is 99.3 Å². The molecular formula is C19H18N4O4. The van der Waals surface area contributed by atoms with Gasteiger partial charge in [-0.2, -0.15) is 0 Å². The Hall–Kier alpha value is -3.42. The van der Waals surface area contributed by atoms with Crippen LogP contribution in [-0.4, -0.2) is 27.6 Å². The Morgan fingerprint density at radius 1 is 1.33 bits per heavy atom. The average Bonchev–Trinajstić information content (AvgIpc) is 3.45. The molecule has 0 unspecified atom stereocenters. The van der Waals surface area contributed by atoms with Crippen LogP contribution in [0.4, 0.5) is 11.4 Å². The lowest BCUT2D eigenvalue weighted by molar-refractivity contribution is -0.384. The first kappa shape index (κ1) is 17.0. The maximum absolute atomic E-state index is 11.8. The van der Waals surface area contributed by atoms with Gasteiger partial charge in [0.15, 0.2) is 0 Å². The van der Waals surface area contributed by atoms with Crippen LogP contribution in [0.2, 0.25) is 0 Å². The highest BCUT2D eigenvalue weighted by molar-refractivity contribution is 5.91. The molecule has 1 heterocycles. The van der Waals surface area contributed by atoms with E-state index >= 15 is 0 Å². The van der Waals surface area contributed by atoms with Gasteiger partial charge in [0.25, 0.3) is 5.69 Å². The van der Waals surface area contributed by atoms with Gasteiger partial charge >= 0.3 is 5.97 Å². The minimum atomic E-state index is -0.543. The number of nitro groups is 1. The first-order chi connectivity index (χ1) is 13.1. The molecule has 0 aliphatic heterocycles. The second kappa shape index (κ2) is 6.71. The zero-order valence-corrected chi connectivity index (χ0v) is 14.7. The number of nitro benzene ring substituents is 1. The van der Waals surface area contributed by atoms with Crippen LogP contribution in [0.1, 0.15) is 35.1 Å². The number of fused-ring (bicyclic) bond motifs is 1. The third kappa shape index (κ3) is 3.21. The second-order valence-corrected chi connectivity index (χ2v) is 6.45. The van der Waals surface area contributed by atoms with Crippen LogP contribution < -0.4 is 5.32 Å². The van der Waals surface area contributed by atoms with Gasteiger partial charge in [0.05, 0.1) is 35.2 Å². The molecule has 27 heavy (non-hydrogen) atoms. The Morgan fingerprint density at radius 2 is 2.11 bits per heavy atom. The second-order valence-electron chi connectivity index (χ2n) is 6.45. The Balaban J connectivity index is 1.67. The summed E-state index contributed by atoms with van der Waals surface area (Å²) in [5.74, 6) is 0.273. The maximum Gasteiger partial charge on any atom is 0.337 e. The molecular weight excluding hydrogens is 348 g/mol. The highest BCUT2D eigenvalue weighted by atomic mass is 16.6. The number of nitrogens with one attached hydrogen (secondary N) is 1. The molecule has 8 nitrogen and oxygen atoms in total. The summed E-state index contributed by atoms with van der Waals surface area (Å²) in [6.07, 6.45) is 2.21. The zero-order valence-electron chi connectivity index (χ0n) is 14.7. The van der Waals surface area contributed by atoms with E-state index in [4.69, 9.17) is 4.74 Å². The van der Waals surface area contributed by atoms with Crippen molar-refractivity contribution >= 4 is 28.4 Å². The van der Waals surface area contributed by atoms with Gasteiger partial charge < -0.3 is 14.6 Å². The van der Waals surface area contributed by atoms with Crippen LogP contribution in [0.3, 0.4) is 0 Å². The van der Waals surface area contributed by atoms with Crippen molar-refractivity contribution in [3.05, 3.63) is 64.0 Å². The summed E-state index contributed by atoms with van der Waals surface area (Å²) in [6.45, 7) is 0.316. The number of benzene rings is 2. The molecule has 0 spiro atoms. The molecule has 1 fully saturated rings. The Kier molecular flexibility index (Phi) is 4.23. The molecule has 1 N–H and O–H groups in total. The minimum absolute atomic E-state index is 0.100. The molecule has 1 aliphatic rings. The standard InChI is InChI=1S/C19H18N4O4/c1-27-19(24)12-6-9-17(23(25)26)15(10-12)20-11-18-21-14-4-2-3-5-16(14)22(18)13-7-8-13/h2-6,9-10,13,20H,7-8,11H2,1H3. The number of methoxy groups -OCH3 is 1. The molecule has 138 valence electrons. The van der Waals surface area contributed by atoms with E-state index in [-0.39, 0.29) is 16.9 Å². The van der Waals surface area contributed by atoms with Crippen molar-refractivity contribution in [1.82, 2.24) is 9.55 Å². The van der Waals surface area contributed by atoms with E-state index in [0.717, 1.165) is 29.7 Å². The van der Waals surface area contributed by atoms with Gasteiger partial charge in [-0.1, -0.05) is 12.1 Å². The number of carbonyl (C=O) groups excluding carboxylic acids is 1. The third-order valence-corrected chi connectivity index (χ3v) is 4.63. The number of imidazole rings is 1. The van der Waals surface area contributed by atoms with Crippen molar-refractivity contribution < 1.29 is 14.5 Å². The van der Waals surface area contributed by atoms with E-state index in [2.05, 4.69) is 14.9 Å². The SMILES string of the molecule is COC(=O)c1ccc([N+](=O)[O-])c(NCc2nc3ccccc3n2C2CC2)c1. The molecule has 0 amide bonds. The van der Waals surface area contributed by atoms with Crippen LogP contribution in [-0.2, 0) is 11.3 Å². The number of anilines is 1. The van der Waals surface area contributed by atoms with E-state index in [1.807, 2.05) is 24.3 Å². The number of nitrogens with zero attached hydrogens (tertiary/aromatic N) is 3. The van der Waals surface area contributed by atoms with E-state index in [1.165, 1.54) is 25.3 Å². The van der Waals surface area contributed by atoms with Crippen molar-refractivity contribution in [1.29, 1.82) is 0 Å². The molecule has 1 aliphatic carbocycles. The van der Waals surface area contributed by atoms with E-state index < -0.39 is 10.9 Å². The highest BCUT2D eigenvalue weighted by Crippen LogP contribution is 2.39. The van der Waals surface area contributed by atoms with Crippen LogP contribution >= 0.6 is 0 Å². The lowest BCUT2D eigenvalue weighted by Gasteiger charge is -2.11. The van der Waals surface area contributed by atoms with Gasteiger partial charge in [-0.15, -0.1) is 0 Å². The lowest BCUT2D eigenvalue weighted by Crippen LogP contribution is -2.10. The summed E-state index contributed by atoms with van der Waals surface area (Å²) in [6, 6.07) is 12.5. The van der Waals surface area contributed by atoms with Gasteiger partial charge in [0, 0.05) is 12.1 Å². The van der Waals surface area contributed by atoms with E-state index in [0.29, 0.717) is 12.6 Å². The first-order valence-corrected chi connectivity index (χ1v) is 8.65. The number of hydrogen-bond acceptors (Lipinski definition) is 6. The van der Waals surface area contributed by atoms with Gasteiger partial charge in [-0.05, 0) is 37.1 Å². The molecule has 8 heteroatoms. The van der Waals surface area contributed by atoms with Gasteiger partial charge in [0.2, 0.25) is 0 Å². The predicted molar refractivity (Wildman–Crippen MR) is 99.8 cm³/mol. The smallest absolute Gasteiger partial charge is 0.337 e. The van der Waals surface area contributed by atoms with Crippen LogP contribution in [0.15, 0.2) is 42.5 Å². The molecule has 1 saturated carbocycles. The fourth-order valence-electron chi connectivity index (χ4n) is 3.22. The van der Waals surface area contributed by atoms with Crippen molar-refractivity contribution in [2.45, 2.75) is 25.4 Å². The van der Waals surface area contributed by atoms with Crippen LogP contribution in [0.25, 0.3) is 11.0 Å². The third-order valence-electron chi connectivity index (χ3n) is 4.63. The summed E-state index contributed by atoms with van der Waals surface area (Å²) in [5.41, 5.74) is 2.38. The maximum atomic E-state index is 11.8. The Labute approximate surface area is 154 Å². The quantitative estimate of drug-likeness (QED) is 0.406. The monoisotopic (exact) mass is 366 g/mol. The Morgan fingerprint density at radius 3 is 2.81 bits per heavy atom. The van der Waals surface area contributed by atoms with Crippen LogP contribution in [0.5, 0.6) is 0 Å². The normalized spacial score (nSPS) is 13.5. The molecule has 1 aromatic heterocycles. The Bertz CT molecular complexity index is 1040.